The standard InChI is InChI=1S/C16H21BrFNO2/c1-5-11-7-6-10-8-13(18)12(17)9-14(10)19(11)15(20)21-16(2,3)4/h8-9,11H,5-7H2,1-4H3. The fourth-order valence-electron chi connectivity index (χ4n) is 2.60. The Labute approximate surface area is 133 Å². The van der Waals surface area contributed by atoms with Crippen molar-refractivity contribution in [2.75, 3.05) is 4.90 Å². The number of ether oxygens (including phenoxy) is 1. The lowest BCUT2D eigenvalue weighted by atomic mass is 9.94. The molecule has 0 bridgehead atoms. The number of anilines is 1. The van der Waals surface area contributed by atoms with Gasteiger partial charge in [-0.2, -0.15) is 0 Å². The number of benzene rings is 1. The van der Waals surface area contributed by atoms with Crippen LogP contribution in [0.15, 0.2) is 16.6 Å². The zero-order valence-corrected chi connectivity index (χ0v) is 14.5. The highest BCUT2D eigenvalue weighted by Crippen LogP contribution is 2.36. The van der Waals surface area contributed by atoms with Gasteiger partial charge >= 0.3 is 6.09 Å². The molecule has 5 heteroatoms. The Balaban J connectivity index is 2.42. The number of halogens is 2. The van der Waals surface area contributed by atoms with E-state index in [2.05, 4.69) is 15.9 Å². The molecule has 0 fully saturated rings. The van der Waals surface area contributed by atoms with Crippen LogP contribution in [0, 0.1) is 5.82 Å². The first-order chi connectivity index (χ1) is 9.73. The van der Waals surface area contributed by atoms with Gasteiger partial charge in [-0.25, -0.2) is 9.18 Å². The van der Waals surface area contributed by atoms with Gasteiger partial charge in [0.15, 0.2) is 0 Å². The summed E-state index contributed by atoms with van der Waals surface area (Å²) in [7, 11) is 0. The van der Waals surface area contributed by atoms with Crippen LogP contribution in [0.3, 0.4) is 0 Å². The summed E-state index contributed by atoms with van der Waals surface area (Å²) in [5, 5.41) is 0. The van der Waals surface area contributed by atoms with Gasteiger partial charge in [0.05, 0.1) is 10.2 Å². The Hall–Kier alpha value is -1.10. The maximum atomic E-state index is 13.7. The van der Waals surface area contributed by atoms with E-state index in [0.717, 1.165) is 30.5 Å². The number of rotatable bonds is 1. The molecule has 2 rings (SSSR count). The van der Waals surface area contributed by atoms with Crippen LogP contribution in [0.25, 0.3) is 0 Å². The first kappa shape index (κ1) is 16.3. The average molecular weight is 358 g/mol. The van der Waals surface area contributed by atoms with E-state index in [1.165, 1.54) is 6.07 Å². The maximum absolute atomic E-state index is 13.7. The van der Waals surface area contributed by atoms with E-state index < -0.39 is 5.60 Å². The highest BCUT2D eigenvalue weighted by molar-refractivity contribution is 9.10. The molecule has 0 aromatic heterocycles. The summed E-state index contributed by atoms with van der Waals surface area (Å²) in [4.78, 5) is 14.2. The second kappa shape index (κ2) is 5.95. The van der Waals surface area contributed by atoms with E-state index in [9.17, 15) is 9.18 Å². The van der Waals surface area contributed by atoms with Crippen molar-refractivity contribution in [2.24, 2.45) is 0 Å². The number of carbonyl (C=O) groups is 1. The molecule has 0 spiro atoms. The van der Waals surface area contributed by atoms with Gasteiger partial charge in [0, 0.05) is 6.04 Å². The summed E-state index contributed by atoms with van der Waals surface area (Å²) < 4.78 is 19.6. The lowest BCUT2D eigenvalue weighted by Gasteiger charge is -2.37. The molecule has 0 aliphatic carbocycles. The summed E-state index contributed by atoms with van der Waals surface area (Å²) in [5.41, 5.74) is 1.05. The lowest BCUT2D eigenvalue weighted by molar-refractivity contribution is 0.0559. The van der Waals surface area contributed by atoms with E-state index in [1.54, 1.807) is 11.0 Å². The topological polar surface area (TPSA) is 29.5 Å². The van der Waals surface area contributed by atoms with Gasteiger partial charge in [0.25, 0.3) is 0 Å². The van der Waals surface area contributed by atoms with Crippen LogP contribution >= 0.6 is 15.9 Å². The molecule has 0 saturated carbocycles. The smallest absolute Gasteiger partial charge is 0.415 e. The van der Waals surface area contributed by atoms with Crippen LogP contribution < -0.4 is 4.90 Å². The summed E-state index contributed by atoms with van der Waals surface area (Å²) in [6.07, 6.45) is 2.07. The second-order valence-corrected chi connectivity index (χ2v) is 7.20. The van der Waals surface area contributed by atoms with E-state index in [-0.39, 0.29) is 18.0 Å². The summed E-state index contributed by atoms with van der Waals surface area (Å²) in [6.45, 7) is 7.58. The normalized spacial score (nSPS) is 18.4. The molecular formula is C16H21BrFNO2. The third-order valence-electron chi connectivity index (χ3n) is 3.55. The predicted molar refractivity (Wildman–Crippen MR) is 85.2 cm³/mol. The van der Waals surface area contributed by atoms with Gasteiger partial charge in [-0.1, -0.05) is 6.92 Å². The molecule has 1 aliphatic heterocycles. The minimum Gasteiger partial charge on any atom is -0.443 e. The number of aryl methyl sites for hydroxylation is 1. The number of hydrogen-bond donors (Lipinski definition) is 0. The molecule has 3 nitrogen and oxygen atoms in total. The lowest BCUT2D eigenvalue weighted by Crippen LogP contribution is -2.46. The van der Waals surface area contributed by atoms with Gasteiger partial charge < -0.3 is 4.74 Å². The molecule has 21 heavy (non-hydrogen) atoms. The van der Waals surface area contributed by atoms with Crippen molar-refractivity contribution in [3.05, 3.63) is 28.0 Å². The van der Waals surface area contributed by atoms with Gasteiger partial charge in [-0.3, -0.25) is 4.90 Å². The van der Waals surface area contributed by atoms with Crippen molar-refractivity contribution in [1.29, 1.82) is 0 Å². The zero-order chi connectivity index (χ0) is 15.8. The van der Waals surface area contributed by atoms with Crippen molar-refractivity contribution < 1.29 is 13.9 Å². The minimum absolute atomic E-state index is 0.0877. The molecule has 116 valence electrons. The van der Waals surface area contributed by atoms with Crippen molar-refractivity contribution in [1.82, 2.24) is 0 Å². The molecule has 1 heterocycles. The minimum atomic E-state index is -0.551. The Morgan fingerprint density at radius 3 is 2.71 bits per heavy atom. The summed E-state index contributed by atoms with van der Waals surface area (Å²) in [6, 6.07) is 3.27. The van der Waals surface area contributed by atoms with Crippen LogP contribution in [0.4, 0.5) is 14.9 Å². The molecule has 1 aromatic rings. The molecule has 1 aromatic carbocycles. The quantitative estimate of drug-likeness (QED) is 0.703. The van der Waals surface area contributed by atoms with Crippen molar-refractivity contribution in [3.63, 3.8) is 0 Å². The van der Waals surface area contributed by atoms with E-state index in [0.29, 0.717) is 4.47 Å². The first-order valence-corrected chi connectivity index (χ1v) is 8.02. The summed E-state index contributed by atoms with van der Waals surface area (Å²) in [5.74, 6) is -0.298. The Bertz CT molecular complexity index is 554. The highest BCUT2D eigenvalue weighted by atomic mass is 79.9. The zero-order valence-electron chi connectivity index (χ0n) is 12.9. The van der Waals surface area contributed by atoms with E-state index >= 15 is 0 Å². The number of hydrogen-bond acceptors (Lipinski definition) is 2. The van der Waals surface area contributed by atoms with E-state index in [4.69, 9.17) is 4.74 Å². The van der Waals surface area contributed by atoms with Gasteiger partial charge in [0.2, 0.25) is 0 Å². The third-order valence-corrected chi connectivity index (χ3v) is 4.16. The molecule has 1 aliphatic rings. The van der Waals surface area contributed by atoms with Crippen molar-refractivity contribution in [2.45, 2.75) is 58.6 Å². The highest BCUT2D eigenvalue weighted by Gasteiger charge is 2.33. The van der Waals surface area contributed by atoms with Gasteiger partial charge in [-0.05, 0) is 73.7 Å². The monoisotopic (exact) mass is 357 g/mol. The van der Waals surface area contributed by atoms with Crippen LogP contribution in [0.2, 0.25) is 0 Å². The Morgan fingerprint density at radius 1 is 1.48 bits per heavy atom. The number of fused-ring (bicyclic) bond motifs is 1. The van der Waals surface area contributed by atoms with Crippen molar-refractivity contribution >= 4 is 27.7 Å². The van der Waals surface area contributed by atoms with Gasteiger partial charge in [-0.15, -0.1) is 0 Å². The molecular weight excluding hydrogens is 337 g/mol. The molecule has 0 saturated heterocycles. The molecule has 0 N–H and O–H groups in total. The third kappa shape index (κ3) is 3.57. The summed E-state index contributed by atoms with van der Waals surface area (Å²) >= 11 is 3.20. The van der Waals surface area contributed by atoms with Crippen LogP contribution in [-0.2, 0) is 11.2 Å². The molecule has 1 unspecified atom stereocenters. The molecule has 1 amide bonds. The largest absolute Gasteiger partial charge is 0.443 e. The Kier molecular flexibility index (Phi) is 4.61. The first-order valence-electron chi connectivity index (χ1n) is 7.23. The van der Waals surface area contributed by atoms with Gasteiger partial charge in [0.1, 0.15) is 11.4 Å². The number of nitrogens with zero attached hydrogens (tertiary/aromatic N) is 1. The fraction of sp³-hybridized carbons (Fsp3) is 0.562. The fourth-order valence-corrected chi connectivity index (χ4v) is 2.93. The molecule has 1 atom stereocenters. The van der Waals surface area contributed by atoms with Crippen LogP contribution in [0.1, 0.15) is 46.1 Å². The van der Waals surface area contributed by atoms with Crippen LogP contribution in [0.5, 0.6) is 0 Å². The Morgan fingerprint density at radius 2 is 2.14 bits per heavy atom. The average Bonchev–Trinajstić information content (AvgIpc) is 2.36. The van der Waals surface area contributed by atoms with E-state index in [1.807, 2.05) is 27.7 Å². The molecule has 0 radical (unpaired) electrons. The number of carbonyl (C=O) groups excluding carboxylic acids is 1. The SMILES string of the molecule is CCC1CCc2cc(F)c(Br)cc2N1C(=O)OC(C)(C)C. The second-order valence-electron chi connectivity index (χ2n) is 6.35. The number of amides is 1. The predicted octanol–water partition coefficient (Wildman–Crippen LogP) is 5.05. The van der Waals surface area contributed by atoms with Crippen LogP contribution in [-0.4, -0.2) is 17.7 Å². The maximum Gasteiger partial charge on any atom is 0.415 e. The van der Waals surface area contributed by atoms with Crippen molar-refractivity contribution in [3.8, 4) is 0 Å².